The predicted molar refractivity (Wildman–Crippen MR) is 58.0 cm³/mol. The molecule has 3 N–H and O–H groups in total. The number of fused-ring (bicyclic) bond motifs is 1. The minimum Gasteiger partial charge on any atom is -0.476 e. The number of hydrogen-bond acceptors (Lipinski definition) is 4. The first-order valence-electron chi connectivity index (χ1n) is 4.61. The molecule has 0 aliphatic rings. The third kappa shape index (κ3) is 2.68. The van der Waals surface area contributed by atoms with Crippen molar-refractivity contribution in [2.75, 3.05) is 0 Å². The van der Waals surface area contributed by atoms with E-state index in [4.69, 9.17) is 10.00 Å². The largest absolute Gasteiger partial charge is 0.476 e. The number of aromatic carboxylic acids is 1. The van der Waals surface area contributed by atoms with Crippen LogP contribution in [0.5, 0.6) is 0 Å². The first-order valence-corrected chi connectivity index (χ1v) is 5.96. The van der Waals surface area contributed by atoms with Crippen LogP contribution in [-0.4, -0.2) is 30.3 Å². The Balaban J connectivity index is 2.30. The minimum absolute atomic E-state index is 0.0988. The summed E-state index contributed by atoms with van der Waals surface area (Å²) in [7, 11) is -2.75. The van der Waals surface area contributed by atoms with Crippen LogP contribution < -0.4 is 5.09 Å². The maximum absolute atomic E-state index is 10.7. The molecule has 9 heteroatoms. The Bertz CT molecular complexity index is 596. The van der Waals surface area contributed by atoms with E-state index < -0.39 is 14.1 Å². The van der Waals surface area contributed by atoms with Crippen LogP contribution in [0.1, 0.15) is 16.2 Å². The number of imidazole rings is 1. The fraction of sp³-hybridized carbons (Fsp3) is 0.125. The van der Waals surface area contributed by atoms with Crippen molar-refractivity contribution in [2.45, 2.75) is 6.54 Å². The van der Waals surface area contributed by atoms with Gasteiger partial charge >= 0.3 is 5.97 Å². The zero-order valence-corrected chi connectivity index (χ0v) is 9.49. The Labute approximate surface area is 95.9 Å². The number of rotatable bonds is 4. The van der Waals surface area contributed by atoms with E-state index in [9.17, 15) is 9.36 Å². The minimum atomic E-state index is -2.75. The second-order valence-electron chi connectivity index (χ2n) is 3.22. The predicted octanol–water partition coefficient (Wildman–Crippen LogP) is -0.101. The van der Waals surface area contributed by atoms with Gasteiger partial charge in [-0.25, -0.2) is 19.8 Å². The molecule has 0 aliphatic carbocycles. The van der Waals surface area contributed by atoms with Crippen molar-refractivity contribution in [3.05, 3.63) is 29.8 Å². The summed E-state index contributed by atoms with van der Waals surface area (Å²) < 4.78 is 11.9. The molecule has 1 unspecified atom stereocenters. The Morgan fingerprint density at radius 1 is 1.53 bits per heavy atom. The quantitative estimate of drug-likeness (QED) is 0.654. The third-order valence-corrected chi connectivity index (χ3v) is 2.50. The molecule has 2 aromatic rings. The number of carboxylic acids is 1. The Kier molecular flexibility index (Phi) is 3.19. The van der Waals surface area contributed by atoms with Crippen molar-refractivity contribution in [3.8, 4) is 0 Å². The van der Waals surface area contributed by atoms with E-state index in [0.29, 0.717) is 5.69 Å². The van der Waals surface area contributed by atoms with Gasteiger partial charge in [0.1, 0.15) is 0 Å². The second-order valence-corrected chi connectivity index (χ2v) is 4.18. The fourth-order valence-corrected chi connectivity index (χ4v) is 1.61. The van der Waals surface area contributed by atoms with E-state index in [2.05, 4.69) is 15.1 Å². The van der Waals surface area contributed by atoms with Gasteiger partial charge < -0.3 is 10.00 Å². The SMILES string of the molecule is O=C(O)c1cn2ccc(CN[PH](=O)O)nc2n1. The van der Waals surface area contributed by atoms with Crippen LogP contribution in [0.2, 0.25) is 0 Å². The second kappa shape index (κ2) is 4.62. The molecule has 17 heavy (non-hydrogen) atoms. The van der Waals surface area contributed by atoms with Crippen LogP contribution in [0.15, 0.2) is 18.5 Å². The standard InChI is InChI=1S/C8H9N4O4P/c13-7(14)6-4-12-2-1-5(3-9-17(15)16)10-8(12)11-6/h1-2,4,17H,3H2,(H,13,14)(H2,9,15,16). The van der Waals surface area contributed by atoms with Crippen LogP contribution in [0.4, 0.5) is 0 Å². The highest BCUT2D eigenvalue weighted by molar-refractivity contribution is 7.35. The van der Waals surface area contributed by atoms with E-state index in [1.807, 2.05) is 0 Å². The molecule has 90 valence electrons. The fourth-order valence-electron chi connectivity index (χ4n) is 1.28. The monoisotopic (exact) mass is 256 g/mol. The molecular formula is C8H9N4O4P. The van der Waals surface area contributed by atoms with Crippen LogP contribution in [0.3, 0.4) is 0 Å². The lowest BCUT2D eigenvalue weighted by molar-refractivity contribution is 0.0691. The normalized spacial score (nSPS) is 12.8. The zero-order valence-electron chi connectivity index (χ0n) is 8.49. The van der Waals surface area contributed by atoms with Crippen LogP contribution in [0.25, 0.3) is 5.78 Å². The van der Waals surface area contributed by atoms with Crippen molar-refractivity contribution in [1.29, 1.82) is 0 Å². The average Bonchev–Trinajstić information content (AvgIpc) is 2.69. The zero-order chi connectivity index (χ0) is 12.4. The number of nitrogens with one attached hydrogen (secondary N) is 1. The van der Waals surface area contributed by atoms with Crippen LogP contribution >= 0.6 is 8.18 Å². The summed E-state index contributed by atoms with van der Waals surface area (Å²) in [5.74, 6) is -0.894. The van der Waals surface area contributed by atoms with Crippen molar-refractivity contribution < 1.29 is 19.4 Å². The van der Waals surface area contributed by atoms with Crippen molar-refractivity contribution >= 4 is 19.9 Å². The first kappa shape index (κ1) is 11.7. The van der Waals surface area contributed by atoms with Gasteiger partial charge in [-0.15, -0.1) is 0 Å². The summed E-state index contributed by atoms with van der Waals surface area (Å²) >= 11 is 0. The molecule has 0 bridgehead atoms. The van der Waals surface area contributed by atoms with Crippen molar-refractivity contribution in [2.24, 2.45) is 0 Å². The number of aromatic nitrogens is 3. The highest BCUT2D eigenvalue weighted by Crippen LogP contribution is 2.08. The molecule has 0 radical (unpaired) electrons. The third-order valence-electron chi connectivity index (χ3n) is 2.02. The summed E-state index contributed by atoms with van der Waals surface area (Å²) in [6, 6.07) is 1.61. The van der Waals surface area contributed by atoms with Gasteiger partial charge in [-0.2, -0.15) is 0 Å². The molecule has 0 fully saturated rings. The molecule has 0 saturated heterocycles. The summed E-state index contributed by atoms with van der Waals surface area (Å²) in [4.78, 5) is 27.1. The molecule has 0 saturated carbocycles. The molecule has 1 atom stereocenters. The number of hydrogen-bond donors (Lipinski definition) is 3. The van der Waals surface area contributed by atoms with Gasteiger partial charge in [-0.3, -0.25) is 8.97 Å². The summed E-state index contributed by atoms with van der Waals surface area (Å²) in [5, 5.41) is 11.1. The number of nitrogens with zero attached hydrogens (tertiary/aromatic N) is 3. The Morgan fingerprint density at radius 2 is 2.29 bits per heavy atom. The molecule has 0 spiro atoms. The van der Waals surface area contributed by atoms with Gasteiger partial charge in [0.2, 0.25) is 5.78 Å². The lowest BCUT2D eigenvalue weighted by Gasteiger charge is -2.00. The van der Waals surface area contributed by atoms with Gasteiger partial charge in [0, 0.05) is 18.9 Å². The molecular weight excluding hydrogens is 247 g/mol. The van der Waals surface area contributed by atoms with Gasteiger partial charge in [0.25, 0.3) is 8.18 Å². The molecule has 2 aromatic heterocycles. The van der Waals surface area contributed by atoms with Crippen LogP contribution in [0, 0.1) is 0 Å². The smallest absolute Gasteiger partial charge is 0.356 e. The molecule has 0 amide bonds. The van der Waals surface area contributed by atoms with E-state index in [1.165, 1.54) is 10.6 Å². The lowest BCUT2D eigenvalue weighted by Crippen LogP contribution is -2.05. The highest BCUT2D eigenvalue weighted by atomic mass is 31.1. The van der Waals surface area contributed by atoms with Crippen molar-refractivity contribution in [1.82, 2.24) is 19.5 Å². The number of carboxylic acid groups (broad SMARTS) is 1. The molecule has 0 aliphatic heterocycles. The lowest BCUT2D eigenvalue weighted by atomic mass is 10.4. The molecule has 8 nitrogen and oxygen atoms in total. The van der Waals surface area contributed by atoms with Crippen molar-refractivity contribution in [3.63, 3.8) is 0 Å². The highest BCUT2D eigenvalue weighted by Gasteiger charge is 2.09. The Morgan fingerprint density at radius 3 is 2.94 bits per heavy atom. The van der Waals surface area contributed by atoms with Gasteiger partial charge in [-0.05, 0) is 6.07 Å². The topological polar surface area (TPSA) is 117 Å². The summed E-state index contributed by atoms with van der Waals surface area (Å²) in [5.41, 5.74) is 0.408. The van der Waals surface area contributed by atoms with Gasteiger partial charge in [0.05, 0.1) is 5.69 Å². The molecule has 2 heterocycles. The van der Waals surface area contributed by atoms with Crippen LogP contribution in [-0.2, 0) is 11.1 Å². The van der Waals surface area contributed by atoms with E-state index in [1.54, 1.807) is 12.3 Å². The van der Waals surface area contributed by atoms with Gasteiger partial charge in [0.15, 0.2) is 5.69 Å². The Hall–Kier alpha value is -1.76. The average molecular weight is 256 g/mol. The van der Waals surface area contributed by atoms with E-state index >= 15 is 0 Å². The summed E-state index contributed by atoms with van der Waals surface area (Å²) in [6.07, 6.45) is 2.93. The molecule has 2 rings (SSSR count). The van der Waals surface area contributed by atoms with E-state index in [-0.39, 0.29) is 18.0 Å². The van der Waals surface area contributed by atoms with Gasteiger partial charge in [-0.1, -0.05) is 0 Å². The maximum Gasteiger partial charge on any atom is 0.356 e. The first-order chi connectivity index (χ1) is 8.06. The number of carbonyl (C=O) groups is 1. The molecule has 0 aromatic carbocycles. The van der Waals surface area contributed by atoms with E-state index in [0.717, 1.165) is 0 Å². The summed E-state index contributed by atoms with van der Waals surface area (Å²) in [6.45, 7) is 0.125. The maximum atomic E-state index is 10.7.